The molecule has 28 heavy (non-hydrogen) atoms. The topological polar surface area (TPSA) is 105 Å². The van der Waals surface area contributed by atoms with Crippen molar-refractivity contribution < 1.29 is 28.2 Å². The number of aromatic nitrogens is 2. The van der Waals surface area contributed by atoms with Gasteiger partial charge in [-0.05, 0) is 24.3 Å². The average molecular weight is 385 g/mol. The minimum atomic E-state index is -0.568. The molecule has 1 aromatic heterocycles. The van der Waals surface area contributed by atoms with Crippen LogP contribution in [0.1, 0.15) is 10.7 Å². The Morgan fingerprint density at radius 2 is 1.54 bits per heavy atom. The first-order valence-electron chi connectivity index (χ1n) is 8.19. The fourth-order valence-corrected chi connectivity index (χ4v) is 2.50. The van der Waals surface area contributed by atoms with E-state index in [9.17, 15) is 4.79 Å². The van der Waals surface area contributed by atoms with Gasteiger partial charge in [0.1, 0.15) is 5.75 Å². The Labute approximate surface area is 161 Å². The molecule has 9 nitrogen and oxygen atoms in total. The second-order valence-corrected chi connectivity index (χ2v) is 5.51. The van der Waals surface area contributed by atoms with Gasteiger partial charge in [-0.1, -0.05) is 0 Å². The number of nitrogens with one attached hydrogen (secondary N) is 1. The van der Waals surface area contributed by atoms with Gasteiger partial charge in [-0.2, -0.15) is 0 Å². The third-order valence-corrected chi connectivity index (χ3v) is 3.88. The van der Waals surface area contributed by atoms with Gasteiger partial charge in [-0.3, -0.25) is 4.79 Å². The smallest absolute Gasteiger partial charge is 0.313 e. The molecule has 1 amide bonds. The third-order valence-electron chi connectivity index (χ3n) is 3.88. The molecule has 146 valence electrons. The van der Waals surface area contributed by atoms with Crippen molar-refractivity contribution in [3.05, 3.63) is 42.3 Å². The van der Waals surface area contributed by atoms with E-state index >= 15 is 0 Å². The number of hydrogen-bond donors (Lipinski definition) is 1. The molecule has 0 fully saturated rings. The van der Waals surface area contributed by atoms with E-state index in [2.05, 4.69) is 15.5 Å². The summed E-state index contributed by atoms with van der Waals surface area (Å²) in [5.41, 5.74) is 1.09. The lowest BCUT2D eigenvalue weighted by atomic mass is 10.2. The number of anilines is 1. The molecule has 0 aliphatic rings. The number of carbonyl (C=O) groups is 1. The highest BCUT2D eigenvalue weighted by atomic mass is 16.5. The fraction of sp³-hybridized carbons (Fsp3) is 0.211. The first kappa shape index (κ1) is 19.0. The Morgan fingerprint density at radius 1 is 0.893 bits per heavy atom. The number of carbonyl (C=O) groups excluding carboxylic acids is 1. The van der Waals surface area contributed by atoms with E-state index in [0.717, 1.165) is 0 Å². The molecule has 0 spiro atoms. The Hall–Kier alpha value is -3.75. The third kappa shape index (κ3) is 3.83. The summed E-state index contributed by atoms with van der Waals surface area (Å²) >= 11 is 0. The van der Waals surface area contributed by atoms with Crippen molar-refractivity contribution in [3.8, 4) is 34.5 Å². The monoisotopic (exact) mass is 385 g/mol. The van der Waals surface area contributed by atoms with Gasteiger partial charge in [0, 0.05) is 23.4 Å². The highest BCUT2D eigenvalue weighted by Crippen LogP contribution is 2.40. The van der Waals surface area contributed by atoms with Gasteiger partial charge in [0.05, 0.1) is 28.4 Å². The molecule has 0 saturated heterocycles. The molecule has 0 atom stereocenters. The molecule has 0 unspecified atom stereocenters. The second kappa shape index (κ2) is 8.30. The Morgan fingerprint density at radius 3 is 2.07 bits per heavy atom. The van der Waals surface area contributed by atoms with Gasteiger partial charge in [-0.25, -0.2) is 0 Å². The highest BCUT2D eigenvalue weighted by molar-refractivity contribution is 6.01. The summed E-state index contributed by atoms with van der Waals surface area (Å²) in [6.45, 7) is 0. The van der Waals surface area contributed by atoms with E-state index < -0.39 is 5.91 Å². The van der Waals surface area contributed by atoms with Crippen LogP contribution in [-0.4, -0.2) is 44.5 Å². The van der Waals surface area contributed by atoms with Gasteiger partial charge in [-0.15, -0.1) is 10.2 Å². The molecule has 0 aliphatic heterocycles. The fourth-order valence-electron chi connectivity index (χ4n) is 2.50. The van der Waals surface area contributed by atoms with E-state index in [4.69, 9.17) is 23.4 Å². The van der Waals surface area contributed by atoms with Crippen molar-refractivity contribution in [3.63, 3.8) is 0 Å². The molecule has 0 bridgehead atoms. The Balaban J connectivity index is 1.81. The molecule has 1 N–H and O–H groups in total. The maximum absolute atomic E-state index is 12.5. The van der Waals surface area contributed by atoms with Gasteiger partial charge < -0.3 is 28.7 Å². The number of nitrogens with zero attached hydrogens (tertiary/aromatic N) is 2. The molecule has 3 aromatic rings. The SMILES string of the molecule is COc1ccc(-c2nnc(C(=O)Nc3cc(OC)c(OC)c(OC)c3)o2)cc1. The van der Waals surface area contributed by atoms with Crippen molar-refractivity contribution in [2.45, 2.75) is 0 Å². The molecular formula is C19H19N3O6. The minimum Gasteiger partial charge on any atom is -0.497 e. The van der Waals surface area contributed by atoms with Crippen molar-refractivity contribution in [1.29, 1.82) is 0 Å². The standard InChI is InChI=1S/C19H19N3O6/c1-24-13-7-5-11(6-8-13)18-21-22-19(28-18)17(23)20-12-9-14(25-2)16(27-4)15(10-12)26-3/h5-10H,1-4H3,(H,20,23). The summed E-state index contributed by atoms with van der Waals surface area (Å²) < 4.78 is 26.4. The Bertz CT molecular complexity index is 943. The van der Waals surface area contributed by atoms with Crippen LogP contribution in [0.25, 0.3) is 11.5 Å². The Kier molecular flexibility index (Phi) is 5.64. The van der Waals surface area contributed by atoms with Crippen molar-refractivity contribution >= 4 is 11.6 Å². The van der Waals surface area contributed by atoms with Crippen LogP contribution < -0.4 is 24.3 Å². The quantitative estimate of drug-likeness (QED) is 0.662. The van der Waals surface area contributed by atoms with Crippen LogP contribution in [0, 0.1) is 0 Å². The van der Waals surface area contributed by atoms with Gasteiger partial charge in [0.15, 0.2) is 11.5 Å². The van der Waals surface area contributed by atoms with Crippen LogP contribution in [0.15, 0.2) is 40.8 Å². The number of amides is 1. The normalized spacial score (nSPS) is 10.3. The second-order valence-electron chi connectivity index (χ2n) is 5.51. The van der Waals surface area contributed by atoms with E-state index in [1.54, 1.807) is 43.5 Å². The number of hydrogen-bond acceptors (Lipinski definition) is 8. The lowest BCUT2D eigenvalue weighted by Crippen LogP contribution is -2.12. The molecule has 0 aliphatic carbocycles. The number of rotatable bonds is 7. The minimum absolute atomic E-state index is 0.181. The van der Waals surface area contributed by atoms with Crippen molar-refractivity contribution in [1.82, 2.24) is 10.2 Å². The summed E-state index contributed by atoms with van der Waals surface area (Å²) in [6.07, 6.45) is 0. The maximum atomic E-state index is 12.5. The van der Waals surface area contributed by atoms with Gasteiger partial charge in [0.2, 0.25) is 11.6 Å². The molecule has 2 aromatic carbocycles. The predicted octanol–water partition coefficient (Wildman–Crippen LogP) is 3.02. The van der Waals surface area contributed by atoms with Crippen LogP contribution in [0.3, 0.4) is 0 Å². The van der Waals surface area contributed by atoms with E-state index in [1.165, 1.54) is 21.3 Å². The largest absolute Gasteiger partial charge is 0.497 e. The molecule has 3 rings (SSSR count). The van der Waals surface area contributed by atoms with Crippen LogP contribution in [-0.2, 0) is 0 Å². The van der Waals surface area contributed by atoms with E-state index in [1.807, 2.05) is 0 Å². The van der Waals surface area contributed by atoms with E-state index in [0.29, 0.717) is 34.2 Å². The first-order chi connectivity index (χ1) is 13.6. The van der Waals surface area contributed by atoms with Gasteiger partial charge in [0.25, 0.3) is 0 Å². The van der Waals surface area contributed by atoms with Gasteiger partial charge >= 0.3 is 11.8 Å². The average Bonchev–Trinajstić information content (AvgIpc) is 3.23. The highest BCUT2D eigenvalue weighted by Gasteiger charge is 2.19. The zero-order valence-electron chi connectivity index (χ0n) is 15.8. The molecule has 1 heterocycles. The molecular weight excluding hydrogens is 366 g/mol. The summed E-state index contributed by atoms with van der Waals surface area (Å²) in [7, 11) is 6.05. The number of benzene rings is 2. The number of methoxy groups -OCH3 is 4. The summed E-state index contributed by atoms with van der Waals surface area (Å²) in [4.78, 5) is 12.5. The zero-order valence-corrected chi connectivity index (χ0v) is 15.8. The molecule has 0 radical (unpaired) electrons. The summed E-state index contributed by atoms with van der Waals surface area (Å²) in [5.74, 6) is 1.40. The molecule has 0 saturated carbocycles. The van der Waals surface area contributed by atoms with E-state index in [-0.39, 0.29) is 11.8 Å². The summed E-state index contributed by atoms with van der Waals surface area (Å²) in [6, 6.07) is 10.2. The van der Waals surface area contributed by atoms with Crippen LogP contribution in [0.5, 0.6) is 23.0 Å². The van der Waals surface area contributed by atoms with Crippen molar-refractivity contribution in [2.75, 3.05) is 33.8 Å². The first-order valence-corrected chi connectivity index (χ1v) is 8.19. The van der Waals surface area contributed by atoms with Crippen LogP contribution in [0.4, 0.5) is 5.69 Å². The van der Waals surface area contributed by atoms with Crippen LogP contribution >= 0.6 is 0 Å². The summed E-state index contributed by atoms with van der Waals surface area (Å²) in [5, 5.41) is 10.4. The molecule has 9 heteroatoms. The lowest BCUT2D eigenvalue weighted by Gasteiger charge is -2.14. The number of ether oxygens (including phenoxy) is 4. The zero-order chi connectivity index (χ0) is 20.1. The maximum Gasteiger partial charge on any atom is 0.313 e. The lowest BCUT2D eigenvalue weighted by molar-refractivity contribution is 0.0991. The van der Waals surface area contributed by atoms with Crippen LogP contribution in [0.2, 0.25) is 0 Å². The predicted molar refractivity (Wildman–Crippen MR) is 100 cm³/mol. The van der Waals surface area contributed by atoms with Crippen molar-refractivity contribution in [2.24, 2.45) is 0 Å².